The maximum atomic E-state index is 11.5. The molecule has 0 N–H and O–H groups in total. The highest BCUT2D eigenvalue weighted by atomic mass is 16.6. The number of nitro groups is 3. The average molecular weight is 365 g/mol. The van der Waals surface area contributed by atoms with E-state index in [0.29, 0.717) is 5.56 Å². The highest BCUT2D eigenvalue weighted by molar-refractivity contribution is 5.86. The highest BCUT2D eigenvalue weighted by Gasteiger charge is 2.48. The van der Waals surface area contributed by atoms with Gasteiger partial charge in [-0.25, -0.2) is 0 Å². The van der Waals surface area contributed by atoms with Gasteiger partial charge in [0.15, 0.2) is 0 Å². The van der Waals surface area contributed by atoms with Crippen molar-refractivity contribution in [2.45, 2.75) is 5.92 Å². The van der Waals surface area contributed by atoms with E-state index in [0.717, 1.165) is 24.3 Å². The molecule has 0 heterocycles. The van der Waals surface area contributed by atoms with Crippen LogP contribution in [0, 0.1) is 58.9 Å². The Labute approximate surface area is 150 Å². The van der Waals surface area contributed by atoms with Gasteiger partial charge in [-0.15, -0.1) is 0 Å². The minimum absolute atomic E-state index is 0.00972. The summed E-state index contributed by atoms with van der Waals surface area (Å²) >= 11 is 0. The zero-order valence-electron chi connectivity index (χ0n) is 13.2. The molecule has 0 unspecified atom stereocenters. The molecular formula is C16H7N5O6. The number of rotatable bonds is 3. The summed E-state index contributed by atoms with van der Waals surface area (Å²) in [7, 11) is 0. The van der Waals surface area contributed by atoms with Gasteiger partial charge in [-0.3, -0.25) is 30.3 Å². The van der Waals surface area contributed by atoms with E-state index in [1.165, 1.54) is 6.07 Å². The van der Waals surface area contributed by atoms with E-state index in [1.54, 1.807) is 12.1 Å². The van der Waals surface area contributed by atoms with Crippen LogP contribution in [0.5, 0.6) is 0 Å². The number of non-ortho nitro benzene ring substituents is 1. The summed E-state index contributed by atoms with van der Waals surface area (Å²) in [6.45, 7) is 0. The Morgan fingerprint density at radius 3 is 2.19 bits per heavy atom. The van der Waals surface area contributed by atoms with Crippen molar-refractivity contribution in [1.29, 1.82) is 10.5 Å². The molecule has 0 fully saturated rings. The number of nitro benzene ring substituents is 1. The van der Waals surface area contributed by atoms with Crippen molar-refractivity contribution < 1.29 is 14.8 Å². The standard InChI is InChI=1S/C16H7N5O6/c17-6-8(7-18)15-12-3-9(19(22)23)1-2-11(12)16-13(15)4-10(20(24)25)5-14(16)21(26)27/h1-5,13,16H/t13-,16+/m1/s1. The molecule has 1 aromatic carbocycles. The first kappa shape index (κ1) is 17.4. The lowest BCUT2D eigenvalue weighted by Gasteiger charge is -2.18. The van der Waals surface area contributed by atoms with Crippen molar-refractivity contribution in [2.24, 2.45) is 5.92 Å². The topological polar surface area (TPSA) is 177 Å². The molecule has 2 aliphatic rings. The number of fused-ring (bicyclic) bond motifs is 3. The summed E-state index contributed by atoms with van der Waals surface area (Å²) in [5, 5.41) is 52.3. The molecule has 0 saturated heterocycles. The van der Waals surface area contributed by atoms with Gasteiger partial charge in [0.05, 0.1) is 26.8 Å². The van der Waals surface area contributed by atoms with Crippen LogP contribution in [0.15, 0.2) is 47.3 Å². The van der Waals surface area contributed by atoms with E-state index in [2.05, 4.69) is 0 Å². The van der Waals surface area contributed by atoms with Crippen LogP contribution in [0.1, 0.15) is 17.0 Å². The summed E-state index contributed by atoms with van der Waals surface area (Å²) in [4.78, 5) is 31.5. The lowest BCUT2D eigenvalue weighted by molar-refractivity contribution is -0.440. The van der Waals surface area contributed by atoms with Gasteiger partial charge in [-0.1, -0.05) is 6.07 Å². The van der Waals surface area contributed by atoms with Crippen LogP contribution < -0.4 is 0 Å². The van der Waals surface area contributed by atoms with Gasteiger partial charge in [0.2, 0.25) is 0 Å². The highest BCUT2D eigenvalue weighted by Crippen LogP contribution is 2.54. The molecule has 2 aliphatic carbocycles. The molecule has 0 spiro atoms. The van der Waals surface area contributed by atoms with Crippen LogP contribution in [0.3, 0.4) is 0 Å². The molecule has 11 heteroatoms. The maximum Gasteiger partial charge on any atom is 0.272 e. The third-order valence-corrected chi connectivity index (χ3v) is 4.44. The van der Waals surface area contributed by atoms with Crippen molar-refractivity contribution in [3.8, 4) is 12.1 Å². The van der Waals surface area contributed by atoms with Gasteiger partial charge in [-0.2, -0.15) is 10.5 Å². The molecule has 132 valence electrons. The zero-order chi connectivity index (χ0) is 19.9. The Kier molecular flexibility index (Phi) is 3.98. The predicted molar refractivity (Wildman–Crippen MR) is 87.6 cm³/mol. The number of benzene rings is 1. The van der Waals surface area contributed by atoms with Crippen molar-refractivity contribution in [3.63, 3.8) is 0 Å². The molecule has 2 atom stereocenters. The number of allylic oxidation sites excluding steroid dienone is 5. The molecule has 1 aromatic rings. The monoisotopic (exact) mass is 365 g/mol. The first-order chi connectivity index (χ1) is 12.8. The van der Waals surface area contributed by atoms with Gasteiger partial charge >= 0.3 is 0 Å². The molecule has 3 rings (SSSR count). The van der Waals surface area contributed by atoms with Crippen LogP contribution in [0.4, 0.5) is 5.69 Å². The fourth-order valence-corrected chi connectivity index (χ4v) is 3.42. The number of hydrogen-bond acceptors (Lipinski definition) is 8. The third-order valence-electron chi connectivity index (χ3n) is 4.44. The summed E-state index contributed by atoms with van der Waals surface area (Å²) in [6.07, 6.45) is 1.96. The lowest BCUT2D eigenvalue weighted by Crippen LogP contribution is -2.20. The fraction of sp³-hybridized carbons (Fsp3) is 0.125. The number of nitriles is 2. The molecule has 27 heavy (non-hydrogen) atoms. The van der Waals surface area contributed by atoms with Crippen molar-refractivity contribution in [2.75, 3.05) is 0 Å². The van der Waals surface area contributed by atoms with Gasteiger partial charge in [0.25, 0.3) is 17.1 Å². The minimum Gasteiger partial charge on any atom is -0.259 e. The normalized spacial score (nSPS) is 19.6. The van der Waals surface area contributed by atoms with E-state index >= 15 is 0 Å². The van der Waals surface area contributed by atoms with Crippen LogP contribution in [-0.2, 0) is 0 Å². The first-order valence-corrected chi connectivity index (χ1v) is 7.35. The second kappa shape index (κ2) is 6.16. The molecule has 0 radical (unpaired) electrons. The van der Waals surface area contributed by atoms with Crippen LogP contribution >= 0.6 is 0 Å². The number of nitrogens with zero attached hydrogens (tertiary/aromatic N) is 5. The maximum absolute atomic E-state index is 11.5. The Morgan fingerprint density at radius 2 is 1.67 bits per heavy atom. The van der Waals surface area contributed by atoms with Crippen molar-refractivity contribution >= 4 is 11.3 Å². The first-order valence-electron chi connectivity index (χ1n) is 7.35. The molecule has 0 aromatic heterocycles. The van der Waals surface area contributed by atoms with Gasteiger partial charge in [-0.05, 0) is 16.7 Å². The van der Waals surface area contributed by atoms with Gasteiger partial charge in [0, 0.05) is 24.1 Å². The quantitative estimate of drug-likeness (QED) is 0.445. The van der Waals surface area contributed by atoms with E-state index in [-0.39, 0.29) is 16.8 Å². The van der Waals surface area contributed by atoms with Crippen molar-refractivity contribution in [1.82, 2.24) is 0 Å². The molecule has 11 nitrogen and oxygen atoms in total. The Bertz CT molecular complexity index is 1090. The predicted octanol–water partition coefficient (Wildman–Crippen LogP) is 2.44. The second-order valence-electron chi connectivity index (χ2n) is 5.72. The van der Waals surface area contributed by atoms with Crippen LogP contribution in [-0.4, -0.2) is 14.8 Å². The van der Waals surface area contributed by atoms with Gasteiger partial charge < -0.3 is 0 Å². The van der Waals surface area contributed by atoms with Crippen molar-refractivity contribution in [3.05, 3.63) is 88.8 Å². The SMILES string of the molecule is N#CC(C#N)=C1c2cc([N+](=O)[O-])ccc2[C@@H]2C([N+](=O)[O-])=CC([N+](=O)[O-])=C[C@H]12. The van der Waals surface area contributed by atoms with E-state index < -0.39 is 43.6 Å². The zero-order valence-corrected chi connectivity index (χ0v) is 13.2. The lowest BCUT2D eigenvalue weighted by atomic mass is 9.82. The summed E-state index contributed by atoms with van der Waals surface area (Å²) in [5.74, 6) is -2.02. The smallest absolute Gasteiger partial charge is 0.259 e. The average Bonchev–Trinajstić information content (AvgIpc) is 2.95. The second-order valence-corrected chi connectivity index (χ2v) is 5.72. The summed E-state index contributed by atoms with van der Waals surface area (Å²) in [6, 6.07) is 6.92. The van der Waals surface area contributed by atoms with Crippen LogP contribution in [0.25, 0.3) is 5.57 Å². The Morgan fingerprint density at radius 1 is 1.00 bits per heavy atom. The summed E-state index contributed by atoms with van der Waals surface area (Å²) < 4.78 is 0. The molecule has 0 bridgehead atoms. The largest absolute Gasteiger partial charge is 0.272 e. The number of hydrogen-bond donors (Lipinski definition) is 0. The Hall–Kier alpha value is -4.38. The van der Waals surface area contributed by atoms with E-state index in [1.807, 2.05) is 0 Å². The molecular weight excluding hydrogens is 358 g/mol. The Balaban J connectivity index is 2.39. The van der Waals surface area contributed by atoms with Crippen LogP contribution in [0.2, 0.25) is 0 Å². The third kappa shape index (κ3) is 2.60. The summed E-state index contributed by atoms with van der Waals surface area (Å²) in [5.41, 5.74) is -1.32. The molecule has 0 aliphatic heterocycles. The fourth-order valence-electron chi connectivity index (χ4n) is 3.42. The minimum atomic E-state index is -1.03. The van der Waals surface area contributed by atoms with Gasteiger partial charge in [0.1, 0.15) is 17.7 Å². The molecule has 0 saturated carbocycles. The van der Waals surface area contributed by atoms with E-state index in [4.69, 9.17) is 0 Å². The van der Waals surface area contributed by atoms with E-state index in [9.17, 15) is 40.9 Å². The molecule has 0 amide bonds.